The van der Waals surface area contributed by atoms with Gasteiger partial charge in [-0.15, -0.1) is 0 Å². The van der Waals surface area contributed by atoms with Gasteiger partial charge in [-0.1, -0.05) is 48.5 Å². The Balaban J connectivity index is 1.87. The molecule has 0 radical (unpaired) electrons. The number of rotatable bonds is 7. The minimum Gasteiger partial charge on any atom is -0.493 e. The van der Waals surface area contributed by atoms with Crippen molar-refractivity contribution in [2.24, 2.45) is 0 Å². The maximum absolute atomic E-state index is 6.53. The van der Waals surface area contributed by atoms with E-state index in [1.165, 1.54) is 16.7 Å². The average Bonchev–Trinajstić information content (AvgIpc) is 2.80. The first-order chi connectivity index (χ1) is 15.1. The summed E-state index contributed by atoms with van der Waals surface area (Å²) in [7, 11) is 7.50. The molecule has 4 heteroatoms. The topological polar surface area (TPSA) is 30.9 Å². The van der Waals surface area contributed by atoms with Crippen LogP contribution in [0.25, 0.3) is 5.76 Å². The molecule has 0 saturated heterocycles. The standard InChI is InChI=1S/C27H29NO3/c1-28(2)18-23-22(16-19-10-6-5-7-11-19)21-12-8-9-13-24(21)31-27(23)20-14-15-25(29-3)26(17-20)30-4/h5-15,17,22H,16,18H2,1-4H3/t22-/m0/s1. The Morgan fingerprint density at radius 1 is 0.839 bits per heavy atom. The zero-order chi connectivity index (χ0) is 21.8. The maximum Gasteiger partial charge on any atom is 0.161 e. The largest absolute Gasteiger partial charge is 0.493 e. The highest BCUT2D eigenvalue weighted by Gasteiger charge is 2.31. The molecule has 0 N–H and O–H groups in total. The summed E-state index contributed by atoms with van der Waals surface area (Å²) in [5, 5.41) is 0. The molecule has 160 valence electrons. The molecule has 1 aliphatic heterocycles. The van der Waals surface area contributed by atoms with Gasteiger partial charge in [0.1, 0.15) is 11.5 Å². The van der Waals surface area contributed by atoms with Crippen molar-refractivity contribution in [3.63, 3.8) is 0 Å². The van der Waals surface area contributed by atoms with Crippen molar-refractivity contribution < 1.29 is 14.2 Å². The second-order valence-electron chi connectivity index (χ2n) is 8.04. The molecular weight excluding hydrogens is 386 g/mol. The lowest BCUT2D eigenvalue weighted by Gasteiger charge is -2.33. The number of hydrogen-bond donors (Lipinski definition) is 0. The van der Waals surface area contributed by atoms with Gasteiger partial charge >= 0.3 is 0 Å². The van der Waals surface area contributed by atoms with Crippen LogP contribution in [0.2, 0.25) is 0 Å². The van der Waals surface area contributed by atoms with Crippen molar-refractivity contribution in [2.45, 2.75) is 12.3 Å². The van der Waals surface area contributed by atoms with Crippen LogP contribution in [-0.2, 0) is 6.42 Å². The van der Waals surface area contributed by atoms with Crippen LogP contribution in [0.4, 0.5) is 0 Å². The van der Waals surface area contributed by atoms with E-state index >= 15 is 0 Å². The fraction of sp³-hybridized carbons (Fsp3) is 0.259. The van der Waals surface area contributed by atoms with Gasteiger partial charge in [-0.05, 0) is 55.9 Å². The van der Waals surface area contributed by atoms with E-state index in [4.69, 9.17) is 14.2 Å². The van der Waals surface area contributed by atoms with Crippen molar-refractivity contribution >= 4 is 5.76 Å². The molecule has 3 aromatic rings. The molecule has 4 nitrogen and oxygen atoms in total. The quantitative estimate of drug-likeness (QED) is 0.517. The molecular formula is C27H29NO3. The van der Waals surface area contributed by atoms with Crippen LogP contribution in [0.15, 0.2) is 78.4 Å². The van der Waals surface area contributed by atoms with Gasteiger partial charge in [-0.3, -0.25) is 0 Å². The van der Waals surface area contributed by atoms with E-state index in [1.807, 2.05) is 24.3 Å². The zero-order valence-corrected chi connectivity index (χ0v) is 18.6. The van der Waals surface area contributed by atoms with Crippen LogP contribution in [0.1, 0.15) is 22.6 Å². The molecule has 0 amide bonds. The Bertz CT molecular complexity index is 1070. The molecule has 0 bridgehead atoms. The summed E-state index contributed by atoms with van der Waals surface area (Å²) in [6.07, 6.45) is 0.918. The number of para-hydroxylation sites is 1. The van der Waals surface area contributed by atoms with Crippen LogP contribution in [-0.4, -0.2) is 39.8 Å². The molecule has 1 atom stereocenters. The van der Waals surface area contributed by atoms with Crippen LogP contribution in [0.5, 0.6) is 17.2 Å². The fourth-order valence-corrected chi connectivity index (χ4v) is 4.21. The predicted octanol–water partition coefficient (Wildman–Crippen LogP) is 5.40. The Hall–Kier alpha value is -3.24. The van der Waals surface area contributed by atoms with Gasteiger partial charge in [-0.2, -0.15) is 0 Å². The number of ether oxygens (including phenoxy) is 3. The van der Waals surface area contributed by atoms with Crippen molar-refractivity contribution in [3.8, 4) is 17.2 Å². The summed E-state index contributed by atoms with van der Waals surface area (Å²) in [5.41, 5.74) is 4.79. The lowest BCUT2D eigenvalue weighted by atomic mass is 9.81. The molecule has 0 aromatic heterocycles. The Morgan fingerprint density at radius 3 is 2.26 bits per heavy atom. The third-order valence-electron chi connectivity index (χ3n) is 5.63. The Labute approximate surface area is 184 Å². The van der Waals surface area contributed by atoms with Gasteiger partial charge < -0.3 is 19.1 Å². The maximum atomic E-state index is 6.53. The van der Waals surface area contributed by atoms with E-state index in [-0.39, 0.29) is 5.92 Å². The van der Waals surface area contributed by atoms with E-state index < -0.39 is 0 Å². The Kier molecular flexibility index (Phi) is 6.28. The van der Waals surface area contributed by atoms with Crippen molar-refractivity contribution in [1.82, 2.24) is 4.90 Å². The van der Waals surface area contributed by atoms with Gasteiger partial charge in [0.15, 0.2) is 11.5 Å². The van der Waals surface area contributed by atoms with E-state index in [9.17, 15) is 0 Å². The number of methoxy groups -OCH3 is 2. The SMILES string of the molecule is COc1ccc(C2=C(CN(C)C)[C@@H](Cc3ccccc3)c3ccccc3O2)cc1OC. The van der Waals surface area contributed by atoms with Crippen molar-refractivity contribution in [1.29, 1.82) is 0 Å². The summed E-state index contributed by atoms with van der Waals surface area (Å²) in [6, 6.07) is 25.0. The molecule has 0 unspecified atom stereocenters. The minimum atomic E-state index is 0.220. The van der Waals surface area contributed by atoms with Crippen LogP contribution in [0, 0.1) is 0 Å². The molecule has 31 heavy (non-hydrogen) atoms. The summed E-state index contributed by atoms with van der Waals surface area (Å²) in [6.45, 7) is 0.801. The molecule has 0 spiro atoms. The van der Waals surface area contributed by atoms with E-state index in [0.29, 0.717) is 11.5 Å². The third kappa shape index (κ3) is 4.44. The molecule has 4 rings (SSSR count). The van der Waals surface area contributed by atoms with Crippen LogP contribution in [0.3, 0.4) is 0 Å². The highest BCUT2D eigenvalue weighted by atomic mass is 16.5. The predicted molar refractivity (Wildman–Crippen MR) is 125 cm³/mol. The van der Waals surface area contributed by atoms with E-state index in [1.54, 1.807) is 14.2 Å². The zero-order valence-electron chi connectivity index (χ0n) is 18.6. The third-order valence-corrected chi connectivity index (χ3v) is 5.63. The molecule has 0 fully saturated rings. The van der Waals surface area contributed by atoms with Gasteiger partial charge in [-0.25, -0.2) is 0 Å². The van der Waals surface area contributed by atoms with Crippen LogP contribution >= 0.6 is 0 Å². The second-order valence-corrected chi connectivity index (χ2v) is 8.04. The minimum absolute atomic E-state index is 0.220. The van der Waals surface area contributed by atoms with Gasteiger partial charge in [0, 0.05) is 23.6 Å². The van der Waals surface area contributed by atoms with Crippen LogP contribution < -0.4 is 14.2 Å². The fourth-order valence-electron chi connectivity index (χ4n) is 4.21. The first-order valence-electron chi connectivity index (χ1n) is 10.5. The highest BCUT2D eigenvalue weighted by Crippen LogP contribution is 2.45. The average molecular weight is 416 g/mol. The van der Waals surface area contributed by atoms with E-state index in [2.05, 4.69) is 67.5 Å². The molecule has 0 aliphatic carbocycles. The van der Waals surface area contributed by atoms with Gasteiger partial charge in [0.25, 0.3) is 0 Å². The number of benzene rings is 3. The normalized spacial score (nSPS) is 15.5. The number of hydrogen-bond acceptors (Lipinski definition) is 4. The lowest BCUT2D eigenvalue weighted by Crippen LogP contribution is -2.25. The first kappa shape index (κ1) is 21.0. The van der Waals surface area contributed by atoms with Crippen molar-refractivity contribution in [3.05, 3.63) is 95.1 Å². The lowest BCUT2D eigenvalue weighted by molar-refractivity contribution is 0.354. The second kappa shape index (κ2) is 9.27. The molecule has 1 aliphatic rings. The molecule has 1 heterocycles. The summed E-state index contributed by atoms with van der Waals surface area (Å²) < 4.78 is 17.5. The highest BCUT2D eigenvalue weighted by molar-refractivity contribution is 5.72. The van der Waals surface area contributed by atoms with Crippen molar-refractivity contribution in [2.75, 3.05) is 34.9 Å². The number of fused-ring (bicyclic) bond motifs is 1. The van der Waals surface area contributed by atoms with Gasteiger partial charge in [0.05, 0.1) is 14.2 Å². The smallest absolute Gasteiger partial charge is 0.161 e. The monoisotopic (exact) mass is 415 g/mol. The summed E-state index contributed by atoms with van der Waals surface area (Å²) in [4.78, 5) is 2.20. The first-order valence-corrected chi connectivity index (χ1v) is 10.5. The summed E-state index contributed by atoms with van der Waals surface area (Å²) >= 11 is 0. The number of nitrogens with zero attached hydrogens (tertiary/aromatic N) is 1. The number of likely N-dealkylation sites (N-methyl/N-ethyl adjacent to an activating group) is 1. The molecule has 3 aromatic carbocycles. The summed E-state index contributed by atoms with van der Waals surface area (Å²) in [5.74, 6) is 3.43. The molecule has 0 saturated carbocycles. The van der Waals surface area contributed by atoms with E-state index in [0.717, 1.165) is 30.0 Å². The Morgan fingerprint density at radius 2 is 1.55 bits per heavy atom. The van der Waals surface area contributed by atoms with Gasteiger partial charge in [0.2, 0.25) is 0 Å².